The zero-order valence-electron chi connectivity index (χ0n) is 17.0. The molecule has 0 bridgehead atoms. The van der Waals surface area contributed by atoms with E-state index >= 15 is 0 Å². The topological polar surface area (TPSA) is 90.0 Å². The normalized spacial score (nSPS) is 12.8. The Balaban J connectivity index is 1.99. The average Bonchev–Trinajstić information content (AvgIpc) is 2.66. The molecule has 1 unspecified atom stereocenters. The van der Waals surface area contributed by atoms with Gasteiger partial charge in [-0.1, -0.05) is 23.4 Å². The number of carbonyl (C=O) groups excluding carboxylic acids is 1. The zero-order valence-corrected chi connectivity index (χ0v) is 17.0. The zero-order chi connectivity index (χ0) is 20.7. The van der Waals surface area contributed by atoms with Crippen molar-refractivity contribution in [2.75, 3.05) is 0 Å². The van der Waals surface area contributed by atoms with Crippen LogP contribution in [0.15, 0.2) is 53.8 Å². The van der Waals surface area contributed by atoms with Crippen molar-refractivity contribution < 1.29 is 14.4 Å². The highest BCUT2D eigenvalue weighted by molar-refractivity contribution is 5.96. The highest BCUT2D eigenvalue weighted by Crippen LogP contribution is 2.18. The second-order valence-electron chi connectivity index (χ2n) is 6.96. The number of rotatable bonds is 8. The number of ether oxygens (including phenoxy) is 1. The van der Waals surface area contributed by atoms with Crippen LogP contribution in [0.4, 0.5) is 0 Å². The second kappa shape index (κ2) is 9.73. The lowest BCUT2D eigenvalue weighted by molar-refractivity contribution is -0.146. The number of para-hydroxylation sites is 1. The molecule has 7 nitrogen and oxygen atoms in total. The van der Waals surface area contributed by atoms with E-state index in [0.717, 1.165) is 0 Å². The van der Waals surface area contributed by atoms with Crippen LogP contribution in [0.5, 0.6) is 11.6 Å². The first-order valence-corrected chi connectivity index (χ1v) is 9.30. The third-order valence-electron chi connectivity index (χ3n) is 4.02. The standard InChI is InChI=1S/C21H28N4O3/c1-14(2)25(15(3)4)21(26)16(5)28-24-20(22)17-11-12-19(23-13-17)27-18-9-7-6-8-10-18/h6-16H,1-5H3,(H2,22,24). The molecule has 0 saturated carbocycles. The number of hydrogen-bond acceptors (Lipinski definition) is 5. The molecule has 0 aliphatic rings. The number of pyridine rings is 1. The molecule has 150 valence electrons. The van der Waals surface area contributed by atoms with Crippen LogP contribution in [-0.4, -0.2) is 39.8 Å². The molecular weight excluding hydrogens is 356 g/mol. The SMILES string of the molecule is CC(ON=C(N)c1ccc(Oc2ccccc2)nc1)C(=O)N(C(C)C)C(C)C. The van der Waals surface area contributed by atoms with E-state index in [4.69, 9.17) is 15.3 Å². The van der Waals surface area contributed by atoms with Crippen molar-refractivity contribution in [2.45, 2.75) is 52.8 Å². The van der Waals surface area contributed by atoms with Crippen LogP contribution in [-0.2, 0) is 9.63 Å². The van der Waals surface area contributed by atoms with Crippen molar-refractivity contribution in [3.63, 3.8) is 0 Å². The molecule has 0 aliphatic heterocycles. The molecule has 7 heteroatoms. The number of amidine groups is 1. The molecule has 0 saturated heterocycles. The summed E-state index contributed by atoms with van der Waals surface area (Å²) in [5.41, 5.74) is 6.53. The third kappa shape index (κ3) is 5.70. The third-order valence-corrected chi connectivity index (χ3v) is 4.02. The molecule has 1 aromatic heterocycles. The van der Waals surface area contributed by atoms with E-state index in [1.54, 1.807) is 30.2 Å². The van der Waals surface area contributed by atoms with Crippen molar-refractivity contribution >= 4 is 11.7 Å². The van der Waals surface area contributed by atoms with Gasteiger partial charge in [0.1, 0.15) is 5.75 Å². The van der Waals surface area contributed by atoms with Crippen molar-refractivity contribution in [3.05, 3.63) is 54.2 Å². The van der Waals surface area contributed by atoms with Crippen LogP contribution in [0, 0.1) is 0 Å². The first-order chi connectivity index (χ1) is 13.3. The number of amides is 1. The van der Waals surface area contributed by atoms with E-state index < -0.39 is 6.10 Å². The van der Waals surface area contributed by atoms with Gasteiger partial charge in [0.2, 0.25) is 12.0 Å². The molecule has 2 rings (SSSR count). The van der Waals surface area contributed by atoms with Crippen LogP contribution < -0.4 is 10.5 Å². The molecule has 28 heavy (non-hydrogen) atoms. The molecule has 1 aromatic carbocycles. The smallest absolute Gasteiger partial charge is 0.266 e. The summed E-state index contributed by atoms with van der Waals surface area (Å²) in [5, 5.41) is 3.90. The number of nitrogens with two attached hydrogens (primary N) is 1. The van der Waals surface area contributed by atoms with Gasteiger partial charge in [-0.15, -0.1) is 0 Å². The van der Waals surface area contributed by atoms with Gasteiger partial charge in [0, 0.05) is 29.9 Å². The van der Waals surface area contributed by atoms with E-state index in [2.05, 4.69) is 10.1 Å². The lowest BCUT2D eigenvalue weighted by Crippen LogP contribution is -2.46. The highest BCUT2D eigenvalue weighted by Gasteiger charge is 2.26. The van der Waals surface area contributed by atoms with Gasteiger partial charge in [-0.2, -0.15) is 0 Å². The Morgan fingerprint density at radius 2 is 1.68 bits per heavy atom. The molecule has 1 heterocycles. The second-order valence-corrected chi connectivity index (χ2v) is 6.96. The predicted molar refractivity (Wildman–Crippen MR) is 109 cm³/mol. The van der Waals surface area contributed by atoms with Crippen molar-refractivity contribution in [1.29, 1.82) is 0 Å². The highest BCUT2D eigenvalue weighted by atomic mass is 16.6. The molecule has 1 amide bonds. The number of hydrogen-bond donors (Lipinski definition) is 1. The average molecular weight is 384 g/mol. The Bertz CT molecular complexity index is 781. The van der Waals surface area contributed by atoms with E-state index in [1.165, 1.54) is 0 Å². The lowest BCUT2D eigenvalue weighted by atomic mass is 10.2. The molecule has 1 atom stereocenters. The number of carbonyl (C=O) groups is 1. The Morgan fingerprint density at radius 3 is 2.21 bits per heavy atom. The minimum absolute atomic E-state index is 0.0706. The van der Waals surface area contributed by atoms with Crippen LogP contribution in [0.25, 0.3) is 0 Å². The lowest BCUT2D eigenvalue weighted by Gasteiger charge is -2.32. The summed E-state index contributed by atoms with van der Waals surface area (Å²) in [6, 6.07) is 12.9. The van der Waals surface area contributed by atoms with Gasteiger partial charge in [0.05, 0.1) is 0 Å². The maximum atomic E-state index is 12.6. The fraction of sp³-hybridized carbons (Fsp3) is 0.381. The minimum atomic E-state index is -0.739. The quantitative estimate of drug-likeness (QED) is 0.427. The summed E-state index contributed by atoms with van der Waals surface area (Å²) in [6.45, 7) is 9.52. The largest absolute Gasteiger partial charge is 0.439 e. The molecule has 2 N–H and O–H groups in total. The summed E-state index contributed by atoms with van der Waals surface area (Å²) < 4.78 is 5.64. The first-order valence-electron chi connectivity index (χ1n) is 9.30. The Kier molecular flexibility index (Phi) is 7.37. The van der Waals surface area contributed by atoms with Gasteiger partial charge < -0.3 is 20.2 Å². The first kappa shape index (κ1) is 21.2. The van der Waals surface area contributed by atoms with Crippen molar-refractivity contribution in [3.8, 4) is 11.6 Å². The summed E-state index contributed by atoms with van der Waals surface area (Å²) >= 11 is 0. The van der Waals surface area contributed by atoms with Crippen LogP contribution in [0.1, 0.15) is 40.2 Å². The van der Waals surface area contributed by atoms with Gasteiger partial charge >= 0.3 is 0 Å². The number of benzene rings is 1. The molecule has 0 spiro atoms. The van der Waals surface area contributed by atoms with Gasteiger partial charge in [-0.3, -0.25) is 4.79 Å². The summed E-state index contributed by atoms with van der Waals surface area (Å²) in [5.74, 6) is 1.14. The van der Waals surface area contributed by atoms with Crippen molar-refractivity contribution in [1.82, 2.24) is 9.88 Å². The number of aromatic nitrogens is 1. The van der Waals surface area contributed by atoms with Crippen LogP contribution >= 0.6 is 0 Å². The van der Waals surface area contributed by atoms with E-state index in [9.17, 15) is 4.79 Å². The maximum Gasteiger partial charge on any atom is 0.266 e. The fourth-order valence-corrected chi connectivity index (χ4v) is 2.75. The van der Waals surface area contributed by atoms with Crippen LogP contribution in [0.3, 0.4) is 0 Å². The maximum absolute atomic E-state index is 12.6. The summed E-state index contributed by atoms with van der Waals surface area (Å²) in [4.78, 5) is 23.9. The number of oxime groups is 1. The van der Waals surface area contributed by atoms with E-state index in [-0.39, 0.29) is 23.8 Å². The monoisotopic (exact) mass is 384 g/mol. The Hall–Kier alpha value is -3.09. The Morgan fingerprint density at radius 1 is 1.04 bits per heavy atom. The number of nitrogens with zero attached hydrogens (tertiary/aromatic N) is 3. The Labute approximate surface area is 166 Å². The van der Waals surface area contributed by atoms with Gasteiger partial charge in [-0.25, -0.2) is 4.98 Å². The molecule has 0 radical (unpaired) electrons. The molecule has 2 aromatic rings. The van der Waals surface area contributed by atoms with E-state index in [0.29, 0.717) is 17.2 Å². The molecule has 0 fully saturated rings. The van der Waals surface area contributed by atoms with Gasteiger partial charge in [-0.05, 0) is 52.8 Å². The minimum Gasteiger partial charge on any atom is -0.439 e. The fourth-order valence-electron chi connectivity index (χ4n) is 2.75. The summed E-state index contributed by atoms with van der Waals surface area (Å²) in [7, 11) is 0. The summed E-state index contributed by atoms with van der Waals surface area (Å²) in [6.07, 6.45) is 0.804. The van der Waals surface area contributed by atoms with Crippen molar-refractivity contribution in [2.24, 2.45) is 10.9 Å². The molecule has 0 aliphatic carbocycles. The molecular formula is C21H28N4O3. The predicted octanol–water partition coefficient (Wildman–Crippen LogP) is 3.54. The van der Waals surface area contributed by atoms with Gasteiger partial charge in [0.15, 0.2) is 5.84 Å². The van der Waals surface area contributed by atoms with Gasteiger partial charge in [0.25, 0.3) is 5.91 Å². The van der Waals surface area contributed by atoms with E-state index in [1.807, 2.05) is 58.0 Å². The van der Waals surface area contributed by atoms with Crippen LogP contribution in [0.2, 0.25) is 0 Å².